The Morgan fingerprint density at radius 2 is 1.80 bits per heavy atom. The fourth-order valence-corrected chi connectivity index (χ4v) is 0.980. The number of carbonyl (C=O) groups is 3. The molecular formula is C14H20O6. The first-order valence-corrected chi connectivity index (χ1v) is 5.65. The van der Waals surface area contributed by atoms with E-state index >= 15 is 0 Å². The molecule has 0 radical (unpaired) electrons. The molecule has 0 spiro atoms. The molecule has 0 aliphatic heterocycles. The van der Waals surface area contributed by atoms with Crippen molar-refractivity contribution in [3.8, 4) is 0 Å². The number of carbonyl (C=O) groups excluding carboxylic acids is 3. The molecule has 0 aliphatic rings. The number of hydrogen-bond donors (Lipinski definition) is 0. The van der Waals surface area contributed by atoms with Gasteiger partial charge in [0, 0.05) is 25.0 Å². The molecule has 0 aliphatic carbocycles. The first-order chi connectivity index (χ1) is 9.28. The SMILES string of the molecule is C=CC(=O)OC(C)CC(=C)C(=O)OC.C=COC(C)=O. The molecule has 112 valence electrons. The highest BCUT2D eigenvalue weighted by Crippen LogP contribution is 2.08. The van der Waals surface area contributed by atoms with E-state index in [1.54, 1.807) is 6.92 Å². The van der Waals surface area contributed by atoms with Gasteiger partial charge in [-0.05, 0) is 6.92 Å². The summed E-state index contributed by atoms with van der Waals surface area (Å²) >= 11 is 0. The van der Waals surface area contributed by atoms with E-state index in [2.05, 4.69) is 29.2 Å². The molecule has 0 rings (SSSR count). The normalized spacial score (nSPS) is 9.95. The van der Waals surface area contributed by atoms with Crippen LogP contribution >= 0.6 is 0 Å². The molecule has 0 aromatic carbocycles. The van der Waals surface area contributed by atoms with Crippen LogP contribution in [0.3, 0.4) is 0 Å². The highest BCUT2D eigenvalue weighted by Gasteiger charge is 2.13. The number of hydrogen-bond acceptors (Lipinski definition) is 6. The molecule has 20 heavy (non-hydrogen) atoms. The van der Waals surface area contributed by atoms with Crippen LogP contribution in [0.2, 0.25) is 0 Å². The van der Waals surface area contributed by atoms with E-state index in [1.165, 1.54) is 14.0 Å². The lowest BCUT2D eigenvalue weighted by Crippen LogP contribution is -2.16. The van der Waals surface area contributed by atoms with E-state index < -0.39 is 18.0 Å². The van der Waals surface area contributed by atoms with Crippen LogP contribution < -0.4 is 0 Å². The Hall–Kier alpha value is -2.37. The largest absolute Gasteiger partial charge is 0.466 e. The van der Waals surface area contributed by atoms with Gasteiger partial charge in [-0.2, -0.15) is 0 Å². The van der Waals surface area contributed by atoms with Gasteiger partial charge >= 0.3 is 17.9 Å². The van der Waals surface area contributed by atoms with Gasteiger partial charge < -0.3 is 14.2 Å². The first kappa shape index (κ1) is 20.0. The van der Waals surface area contributed by atoms with E-state index in [-0.39, 0.29) is 18.0 Å². The van der Waals surface area contributed by atoms with Crippen molar-refractivity contribution in [1.29, 1.82) is 0 Å². The fraction of sp³-hybridized carbons (Fsp3) is 0.357. The fourth-order valence-electron chi connectivity index (χ4n) is 0.980. The summed E-state index contributed by atoms with van der Waals surface area (Å²) in [6.45, 7) is 12.9. The molecule has 0 aromatic rings. The Bertz CT molecular complexity index is 383. The smallest absolute Gasteiger partial charge is 0.333 e. The van der Waals surface area contributed by atoms with Crippen LogP contribution in [0.15, 0.2) is 37.6 Å². The predicted octanol–water partition coefficient (Wildman–Crippen LogP) is 1.92. The topological polar surface area (TPSA) is 78.9 Å². The molecule has 0 saturated carbocycles. The molecule has 0 N–H and O–H groups in total. The van der Waals surface area contributed by atoms with Crippen LogP contribution in [0.25, 0.3) is 0 Å². The van der Waals surface area contributed by atoms with Crippen molar-refractivity contribution >= 4 is 17.9 Å². The van der Waals surface area contributed by atoms with Crippen LogP contribution in [-0.2, 0) is 28.6 Å². The third-order valence-electron chi connectivity index (χ3n) is 1.74. The zero-order chi connectivity index (χ0) is 16.1. The maximum Gasteiger partial charge on any atom is 0.333 e. The summed E-state index contributed by atoms with van der Waals surface area (Å²) < 4.78 is 13.5. The molecule has 0 fully saturated rings. The summed E-state index contributed by atoms with van der Waals surface area (Å²) in [6.07, 6.45) is 2.01. The van der Waals surface area contributed by atoms with Gasteiger partial charge in [-0.15, -0.1) is 0 Å². The highest BCUT2D eigenvalue weighted by atomic mass is 16.5. The molecule has 0 amide bonds. The van der Waals surface area contributed by atoms with Crippen molar-refractivity contribution in [2.75, 3.05) is 7.11 Å². The second-order valence-electron chi connectivity index (χ2n) is 3.53. The summed E-state index contributed by atoms with van der Waals surface area (Å²) in [5, 5.41) is 0. The minimum absolute atomic E-state index is 0.256. The van der Waals surface area contributed by atoms with Gasteiger partial charge in [0.2, 0.25) is 0 Å². The van der Waals surface area contributed by atoms with Crippen LogP contribution in [-0.4, -0.2) is 31.1 Å². The Morgan fingerprint density at radius 1 is 1.25 bits per heavy atom. The van der Waals surface area contributed by atoms with Gasteiger partial charge in [0.15, 0.2) is 0 Å². The van der Waals surface area contributed by atoms with Gasteiger partial charge in [-0.3, -0.25) is 4.79 Å². The lowest BCUT2D eigenvalue weighted by atomic mass is 10.1. The molecular weight excluding hydrogens is 264 g/mol. The highest BCUT2D eigenvalue weighted by molar-refractivity contribution is 5.87. The average molecular weight is 284 g/mol. The van der Waals surface area contributed by atoms with Gasteiger partial charge in [-0.25, -0.2) is 9.59 Å². The van der Waals surface area contributed by atoms with Crippen LogP contribution in [0.4, 0.5) is 0 Å². The van der Waals surface area contributed by atoms with Crippen molar-refractivity contribution in [2.45, 2.75) is 26.4 Å². The predicted molar refractivity (Wildman–Crippen MR) is 73.5 cm³/mol. The molecule has 0 aromatic heterocycles. The summed E-state index contributed by atoms with van der Waals surface area (Å²) in [6, 6.07) is 0. The standard InChI is InChI=1S/C10H14O4.C4H6O2/c1-5-9(11)14-8(3)6-7(2)10(12)13-4;1-3-6-4(2)5/h5,8H,1-2,6H2,3-4H3;3H,1H2,2H3. The molecule has 6 nitrogen and oxygen atoms in total. The molecule has 1 atom stereocenters. The second-order valence-corrected chi connectivity index (χ2v) is 3.53. The van der Waals surface area contributed by atoms with Gasteiger partial charge in [0.1, 0.15) is 6.10 Å². The van der Waals surface area contributed by atoms with Crippen LogP contribution in [0.1, 0.15) is 20.3 Å². The van der Waals surface area contributed by atoms with Crippen LogP contribution in [0, 0.1) is 0 Å². The van der Waals surface area contributed by atoms with Crippen molar-refractivity contribution in [1.82, 2.24) is 0 Å². The average Bonchev–Trinajstić information content (AvgIpc) is 2.37. The molecule has 0 heterocycles. The van der Waals surface area contributed by atoms with E-state index in [0.29, 0.717) is 0 Å². The minimum Gasteiger partial charge on any atom is -0.466 e. The minimum atomic E-state index is -0.518. The molecule has 6 heteroatoms. The van der Waals surface area contributed by atoms with Crippen molar-refractivity contribution in [3.05, 3.63) is 37.6 Å². The summed E-state index contributed by atoms with van der Waals surface area (Å²) in [5.74, 6) is -1.34. The second kappa shape index (κ2) is 11.7. The van der Waals surface area contributed by atoms with E-state index in [9.17, 15) is 14.4 Å². The summed E-state index contributed by atoms with van der Waals surface area (Å²) in [4.78, 5) is 31.4. The van der Waals surface area contributed by atoms with E-state index in [0.717, 1.165) is 12.3 Å². The Kier molecular flexibility index (Phi) is 11.7. The van der Waals surface area contributed by atoms with Crippen LogP contribution in [0.5, 0.6) is 0 Å². The van der Waals surface area contributed by atoms with E-state index in [1.807, 2.05) is 0 Å². The van der Waals surface area contributed by atoms with Crippen molar-refractivity contribution in [2.24, 2.45) is 0 Å². The molecule has 1 unspecified atom stereocenters. The quantitative estimate of drug-likeness (QED) is 0.321. The van der Waals surface area contributed by atoms with E-state index in [4.69, 9.17) is 4.74 Å². The third kappa shape index (κ3) is 12.1. The number of ether oxygens (including phenoxy) is 3. The monoisotopic (exact) mass is 284 g/mol. The zero-order valence-electron chi connectivity index (χ0n) is 12.0. The zero-order valence-corrected chi connectivity index (χ0v) is 12.0. The van der Waals surface area contributed by atoms with Gasteiger partial charge in [0.25, 0.3) is 0 Å². The number of esters is 3. The third-order valence-corrected chi connectivity index (χ3v) is 1.74. The maximum absolute atomic E-state index is 10.9. The Labute approximate surface area is 118 Å². The van der Waals surface area contributed by atoms with Gasteiger partial charge in [0.05, 0.1) is 13.4 Å². The summed E-state index contributed by atoms with van der Waals surface area (Å²) in [5.41, 5.74) is 0.275. The van der Waals surface area contributed by atoms with Gasteiger partial charge in [-0.1, -0.05) is 19.7 Å². The Morgan fingerprint density at radius 3 is 2.10 bits per heavy atom. The number of rotatable bonds is 6. The lowest BCUT2D eigenvalue weighted by molar-refractivity contribution is -0.143. The first-order valence-electron chi connectivity index (χ1n) is 5.65. The number of methoxy groups -OCH3 is 1. The molecule has 0 bridgehead atoms. The van der Waals surface area contributed by atoms with Crippen molar-refractivity contribution < 1.29 is 28.6 Å². The Balaban J connectivity index is 0. The maximum atomic E-state index is 10.9. The van der Waals surface area contributed by atoms with Crippen molar-refractivity contribution in [3.63, 3.8) is 0 Å². The summed E-state index contributed by atoms with van der Waals surface area (Å²) in [7, 11) is 1.27. The lowest BCUT2D eigenvalue weighted by Gasteiger charge is -2.11. The molecule has 0 saturated heterocycles.